The number of primary amides is 1. The van der Waals surface area contributed by atoms with E-state index in [1.54, 1.807) is 0 Å². The Kier molecular flexibility index (Phi) is 5.15. The molecule has 110 valence electrons. The van der Waals surface area contributed by atoms with Gasteiger partial charge in [0.05, 0.1) is 0 Å². The van der Waals surface area contributed by atoms with Crippen LogP contribution in [0.4, 0.5) is 10.5 Å². The van der Waals surface area contributed by atoms with Crippen LogP contribution in [0.2, 0.25) is 0 Å². The number of nitrogens with one attached hydrogen (secondary N) is 2. The number of carbonyl (C=O) groups is 2. The zero-order valence-corrected chi connectivity index (χ0v) is 11.8. The lowest BCUT2D eigenvalue weighted by Crippen LogP contribution is -2.30. The Morgan fingerprint density at radius 3 is 2.57 bits per heavy atom. The monoisotopic (exact) mass is 285 g/mol. The van der Waals surface area contributed by atoms with Crippen molar-refractivity contribution in [1.29, 1.82) is 0 Å². The molecule has 2 aromatic carbocycles. The van der Waals surface area contributed by atoms with Gasteiger partial charge in [-0.15, -0.1) is 0 Å². The maximum atomic E-state index is 11.9. The van der Waals surface area contributed by atoms with Crippen molar-refractivity contribution in [2.75, 3.05) is 11.9 Å². The van der Waals surface area contributed by atoms with Crippen LogP contribution in [0.1, 0.15) is 19.3 Å². The molecule has 0 radical (unpaired) electrons. The normalized spacial score (nSPS) is 10.3. The summed E-state index contributed by atoms with van der Waals surface area (Å²) in [6.45, 7) is 0.497. The number of nitrogens with two attached hydrogens (primary N) is 1. The van der Waals surface area contributed by atoms with Gasteiger partial charge in [-0.2, -0.15) is 0 Å². The molecule has 0 saturated heterocycles. The number of carbonyl (C=O) groups excluding carboxylic acids is 2. The first kappa shape index (κ1) is 14.8. The van der Waals surface area contributed by atoms with Crippen LogP contribution in [0.5, 0.6) is 0 Å². The summed E-state index contributed by atoms with van der Waals surface area (Å²) in [6, 6.07) is 13.2. The van der Waals surface area contributed by atoms with E-state index in [1.165, 1.54) is 0 Å². The highest BCUT2D eigenvalue weighted by Crippen LogP contribution is 2.23. The molecule has 2 aromatic rings. The maximum Gasteiger partial charge on any atom is 0.312 e. The molecule has 0 spiro atoms. The third-order valence-corrected chi connectivity index (χ3v) is 3.19. The molecule has 0 heterocycles. The summed E-state index contributed by atoms with van der Waals surface area (Å²) in [7, 11) is 0. The standard InChI is InChI=1S/C16H19N3O2/c17-16(21)18-11-4-3-10-15(20)19-14-9-5-7-12-6-1-2-8-13(12)14/h1-2,5-9H,3-4,10-11H2,(H,19,20)(H3,17,18,21). The fourth-order valence-corrected chi connectivity index (χ4v) is 2.17. The summed E-state index contributed by atoms with van der Waals surface area (Å²) in [5, 5.41) is 7.56. The van der Waals surface area contributed by atoms with Crippen LogP contribution in [-0.4, -0.2) is 18.5 Å². The molecule has 0 fully saturated rings. The molecule has 0 bridgehead atoms. The highest BCUT2D eigenvalue weighted by Gasteiger charge is 2.05. The van der Waals surface area contributed by atoms with Crippen molar-refractivity contribution in [3.63, 3.8) is 0 Å². The number of unbranched alkanes of at least 4 members (excludes halogenated alkanes) is 1. The minimum absolute atomic E-state index is 0.0228. The summed E-state index contributed by atoms with van der Waals surface area (Å²) in [5.41, 5.74) is 5.79. The van der Waals surface area contributed by atoms with Gasteiger partial charge in [0.1, 0.15) is 0 Å². The molecule has 3 amide bonds. The zero-order chi connectivity index (χ0) is 15.1. The van der Waals surface area contributed by atoms with Crippen LogP contribution in [0.15, 0.2) is 42.5 Å². The van der Waals surface area contributed by atoms with E-state index in [4.69, 9.17) is 5.73 Å². The van der Waals surface area contributed by atoms with E-state index in [9.17, 15) is 9.59 Å². The van der Waals surface area contributed by atoms with E-state index in [1.807, 2.05) is 42.5 Å². The third kappa shape index (κ3) is 4.49. The van der Waals surface area contributed by atoms with Gasteiger partial charge in [-0.25, -0.2) is 4.79 Å². The number of hydrogen-bond donors (Lipinski definition) is 3. The highest BCUT2D eigenvalue weighted by atomic mass is 16.2. The number of benzene rings is 2. The Hall–Kier alpha value is -2.56. The van der Waals surface area contributed by atoms with Crippen LogP contribution in [0.3, 0.4) is 0 Å². The predicted octanol–water partition coefficient (Wildman–Crippen LogP) is 2.62. The van der Waals surface area contributed by atoms with Crippen molar-refractivity contribution < 1.29 is 9.59 Å². The van der Waals surface area contributed by atoms with E-state index in [0.717, 1.165) is 22.9 Å². The molecule has 0 atom stereocenters. The lowest BCUT2D eigenvalue weighted by Gasteiger charge is -2.08. The second kappa shape index (κ2) is 7.28. The molecule has 0 aliphatic carbocycles. The van der Waals surface area contributed by atoms with E-state index >= 15 is 0 Å². The number of amides is 3. The van der Waals surface area contributed by atoms with Gasteiger partial charge in [0, 0.05) is 24.0 Å². The van der Waals surface area contributed by atoms with Gasteiger partial charge in [-0.1, -0.05) is 36.4 Å². The van der Waals surface area contributed by atoms with Crippen LogP contribution in [-0.2, 0) is 4.79 Å². The molecule has 0 unspecified atom stereocenters. The van der Waals surface area contributed by atoms with Gasteiger partial charge in [0.15, 0.2) is 0 Å². The van der Waals surface area contributed by atoms with Crippen LogP contribution in [0, 0.1) is 0 Å². The summed E-state index contributed by atoms with van der Waals surface area (Å²) in [4.78, 5) is 22.4. The molecule has 0 aliphatic heterocycles. The summed E-state index contributed by atoms with van der Waals surface area (Å²) in [6.07, 6.45) is 1.85. The van der Waals surface area contributed by atoms with Gasteiger partial charge in [0.25, 0.3) is 0 Å². The number of urea groups is 1. The van der Waals surface area contributed by atoms with Crippen molar-refractivity contribution in [3.8, 4) is 0 Å². The quantitative estimate of drug-likeness (QED) is 0.713. The van der Waals surface area contributed by atoms with Gasteiger partial charge >= 0.3 is 6.03 Å². The van der Waals surface area contributed by atoms with Crippen molar-refractivity contribution >= 4 is 28.4 Å². The lowest BCUT2D eigenvalue weighted by molar-refractivity contribution is -0.116. The third-order valence-electron chi connectivity index (χ3n) is 3.19. The lowest BCUT2D eigenvalue weighted by atomic mass is 10.1. The summed E-state index contributed by atoms with van der Waals surface area (Å²) in [5.74, 6) is -0.0228. The van der Waals surface area contributed by atoms with Gasteiger partial charge in [-0.3, -0.25) is 4.79 Å². The Morgan fingerprint density at radius 1 is 1.00 bits per heavy atom. The molecule has 0 aliphatic rings. The molecule has 5 nitrogen and oxygen atoms in total. The minimum atomic E-state index is -0.532. The molecular weight excluding hydrogens is 266 g/mol. The molecule has 4 N–H and O–H groups in total. The Balaban J connectivity index is 1.86. The van der Waals surface area contributed by atoms with Crippen molar-refractivity contribution in [1.82, 2.24) is 5.32 Å². The number of hydrogen-bond acceptors (Lipinski definition) is 2. The highest BCUT2D eigenvalue weighted by molar-refractivity contribution is 6.02. The fourth-order valence-electron chi connectivity index (χ4n) is 2.17. The van der Waals surface area contributed by atoms with Crippen molar-refractivity contribution in [3.05, 3.63) is 42.5 Å². The Morgan fingerprint density at radius 2 is 1.76 bits per heavy atom. The molecule has 5 heteroatoms. The molecule has 0 saturated carbocycles. The molecule has 2 rings (SSSR count). The van der Waals surface area contributed by atoms with Gasteiger partial charge in [0.2, 0.25) is 5.91 Å². The first-order valence-electron chi connectivity index (χ1n) is 6.98. The SMILES string of the molecule is NC(=O)NCCCCC(=O)Nc1cccc2ccccc12. The minimum Gasteiger partial charge on any atom is -0.352 e. The zero-order valence-electron chi connectivity index (χ0n) is 11.8. The van der Waals surface area contributed by atoms with Crippen LogP contribution in [0.25, 0.3) is 10.8 Å². The van der Waals surface area contributed by atoms with E-state index in [0.29, 0.717) is 19.4 Å². The van der Waals surface area contributed by atoms with Crippen LogP contribution < -0.4 is 16.4 Å². The number of anilines is 1. The molecular formula is C16H19N3O2. The second-order valence-electron chi connectivity index (χ2n) is 4.82. The average molecular weight is 285 g/mol. The molecule has 0 aromatic heterocycles. The second-order valence-corrected chi connectivity index (χ2v) is 4.82. The smallest absolute Gasteiger partial charge is 0.312 e. The van der Waals surface area contributed by atoms with E-state index in [-0.39, 0.29) is 5.91 Å². The average Bonchev–Trinajstić information content (AvgIpc) is 2.47. The van der Waals surface area contributed by atoms with Crippen molar-refractivity contribution in [2.45, 2.75) is 19.3 Å². The maximum absolute atomic E-state index is 11.9. The Bertz CT molecular complexity index is 635. The first-order chi connectivity index (χ1) is 10.2. The van der Waals surface area contributed by atoms with Crippen LogP contribution >= 0.6 is 0 Å². The first-order valence-corrected chi connectivity index (χ1v) is 6.98. The van der Waals surface area contributed by atoms with Crippen molar-refractivity contribution in [2.24, 2.45) is 5.73 Å². The van der Waals surface area contributed by atoms with Gasteiger partial charge in [-0.05, 0) is 24.3 Å². The fraction of sp³-hybridized carbons (Fsp3) is 0.250. The largest absolute Gasteiger partial charge is 0.352 e. The Labute approximate surface area is 123 Å². The summed E-state index contributed by atoms with van der Waals surface area (Å²) >= 11 is 0. The topological polar surface area (TPSA) is 84.2 Å². The predicted molar refractivity (Wildman–Crippen MR) is 84.0 cm³/mol. The summed E-state index contributed by atoms with van der Waals surface area (Å²) < 4.78 is 0. The van der Waals surface area contributed by atoms with Gasteiger partial charge < -0.3 is 16.4 Å². The number of fused-ring (bicyclic) bond motifs is 1. The van der Waals surface area contributed by atoms with E-state index < -0.39 is 6.03 Å². The number of rotatable bonds is 6. The van der Waals surface area contributed by atoms with E-state index in [2.05, 4.69) is 10.6 Å². The molecule has 21 heavy (non-hydrogen) atoms.